The van der Waals surface area contributed by atoms with Crippen molar-refractivity contribution in [1.82, 2.24) is 9.80 Å². The van der Waals surface area contributed by atoms with Gasteiger partial charge in [0.25, 0.3) is 5.91 Å². The van der Waals surface area contributed by atoms with Crippen LogP contribution in [0.15, 0.2) is 48.5 Å². The van der Waals surface area contributed by atoms with Crippen molar-refractivity contribution in [2.24, 2.45) is 0 Å². The second-order valence-corrected chi connectivity index (χ2v) is 7.57. The van der Waals surface area contributed by atoms with Gasteiger partial charge in [0.2, 0.25) is 0 Å². The van der Waals surface area contributed by atoms with Crippen molar-refractivity contribution in [2.75, 3.05) is 51.8 Å². The molecule has 0 atom stereocenters. The van der Waals surface area contributed by atoms with Gasteiger partial charge >= 0.3 is 0 Å². The number of ether oxygens (including phenoxy) is 1. The number of anilines is 1. The number of carbonyl (C=O) groups is 1. The molecular formula is C23H31N3O2. The molecule has 0 N–H and O–H groups in total. The van der Waals surface area contributed by atoms with Crippen molar-refractivity contribution in [3.8, 4) is 5.75 Å². The summed E-state index contributed by atoms with van der Waals surface area (Å²) in [6.45, 7) is 6.31. The summed E-state index contributed by atoms with van der Waals surface area (Å²) < 4.78 is 5.72. The molecule has 1 amide bonds. The van der Waals surface area contributed by atoms with Gasteiger partial charge in [-0.2, -0.15) is 0 Å². The molecule has 2 aromatic rings. The Bertz CT molecular complexity index is 783. The fourth-order valence-electron chi connectivity index (χ4n) is 3.52. The lowest BCUT2D eigenvalue weighted by atomic mass is 10.1. The smallest absolute Gasteiger partial charge is 0.260 e. The third-order valence-corrected chi connectivity index (χ3v) is 5.08. The second kappa shape index (κ2) is 9.60. The predicted molar refractivity (Wildman–Crippen MR) is 114 cm³/mol. The number of piperazine rings is 1. The summed E-state index contributed by atoms with van der Waals surface area (Å²) in [7, 11) is 4.16. The molecule has 3 rings (SSSR count). The lowest BCUT2D eigenvalue weighted by Crippen LogP contribution is -2.50. The van der Waals surface area contributed by atoms with Gasteiger partial charge in [-0.05, 0) is 55.9 Å². The minimum absolute atomic E-state index is 0.0583. The van der Waals surface area contributed by atoms with Crippen molar-refractivity contribution in [1.29, 1.82) is 0 Å². The van der Waals surface area contributed by atoms with Gasteiger partial charge in [0.15, 0.2) is 6.61 Å². The predicted octanol–water partition coefficient (Wildman–Crippen LogP) is 3.04. The highest BCUT2D eigenvalue weighted by Gasteiger charge is 2.21. The van der Waals surface area contributed by atoms with E-state index in [9.17, 15) is 4.79 Å². The zero-order valence-corrected chi connectivity index (χ0v) is 17.2. The second-order valence-electron chi connectivity index (χ2n) is 7.57. The normalized spacial score (nSPS) is 14.4. The summed E-state index contributed by atoms with van der Waals surface area (Å²) >= 11 is 0. The van der Waals surface area contributed by atoms with E-state index in [4.69, 9.17) is 4.74 Å². The van der Waals surface area contributed by atoms with Gasteiger partial charge in [-0.25, -0.2) is 0 Å². The van der Waals surface area contributed by atoms with Crippen LogP contribution in [0.3, 0.4) is 0 Å². The molecule has 28 heavy (non-hydrogen) atoms. The Morgan fingerprint density at radius 1 is 1.00 bits per heavy atom. The van der Waals surface area contributed by atoms with E-state index in [1.165, 1.54) is 16.8 Å². The van der Waals surface area contributed by atoms with Crippen LogP contribution in [0.25, 0.3) is 0 Å². The Labute approximate surface area is 168 Å². The van der Waals surface area contributed by atoms with Gasteiger partial charge in [0, 0.05) is 38.4 Å². The molecule has 5 heteroatoms. The van der Waals surface area contributed by atoms with Gasteiger partial charge < -0.3 is 19.4 Å². The fraction of sp³-hybridized carbons (Fsp3) is 0.435. The molecule has 1 fully saturated rings. The van der Waals surface area contributed by atoms with E-state index in [0.29, 0.717) is 0 Å². The number of nitrogens with zero attached hydrogens (tertiary/aromatic N) is 3. The Morgan fingerprint density at radius 2 is 1.71 bits per heavy atom. The molecule has 0 aliphatic carbocycles. The van der Waals surface area contributed by atoms with Gasteiger partial charge in [-0.1, -0.05) is 31.2 Å². The summed E-state index contributed by atoms with van der Waals surface area (Å²) in [5, 5.41) is 0. The molecule has 0 unspecified atom stereocenters. The van der Waals surface area contributed by atoms with Crippen LogP contribution < -0.4 is 9.64 Å². The zero-order valence-electron chi connectivity index (χ0n) is 17.2. The molecule has 1 heterocycles. The summed E-state index contributed by atoms with van der Waals surface area (Å²) in [6, 6.07) is 16.6. The van der Waals surface area contributed by atoms with Crippen LogP contribution >= 0.6 is 0 Å². The van der Waals surface area contributed by atoms with E-state index in [2.05, 4.69) is 61.2 Å². The molecule has 5 nitrogen and oxygen atoms in total. The maximum absolute atomic E-state index is 12.5. The number of rotatable bonds is 7. The molecule has 0 spiro atoms. The first-order valence-corrected chi connectivity index (χ1v) is 10.0. The van der Waals surface area contributed by atoms with Crippen LogP contribution in [0, 0.1) is 0 Å². The highest BCUT2D eigenvalue weighted by molar-refractivity contribution is 5.78. The third-order valence-electron chi connectivity index (χ3n) is 5.08. The molecule has 1 aliphatic heterocycles. The quantitative estimate of drug-likeness (QED) is 0.739. The lowest BCUT2D eigenvalue weighted by Gasteiger charge is -2.36. The molecule has 1 aliphatic rings. The fourth-order valence-corrected chi connectivity index (χ4v) is 3.52. The standard InChI is InChI=1S/C23H31N3O2/c1-4-19-7-6-10-22(16-19)28-18-23(27)26-13-11-25(12-14-26)21-9-5-8-20(15-21)17-24(2)3/h5-10,15-16H,4,11-14,17-18H2,1-3H3. The number of aryl methyl sites for hydroxylation is 1. The van der Waals surface area contributed by atoms with Crippen LogP contribution in [0.2, 0.25) is 0 Å². The van der Waals surface area contributed by atoms with Gasteiger partial charge in [-0.15, -0.1) is 0 Å². The average molecular weight is 382 g/mol. The van der Waals surface area contributed by atoms with E-state index in [-0.39, 0.29) is 12.5 Å². The Kier molecular flexibility index (Phi) is 6.93. The molecule has 2 aromatic carbocycles. The van der Waals surface area contributed by atoms with Crippen molar-refractivity contribution in [2.45, 2.75) is 19.9 Å². The average Bonchev–Trinajstić information content (AvgIpc) is 2.72. The minimum Gasteiger partial charge on any atom is -0.484 e. The van der Waals surface area contributed by atoms with Crippen molar-refractivity contribution in [3.05, 3.63) is 59.7 Å². The van der Waals surface area contributed by atoms with Crippen LogP contribution in [0.1, 0.15) is 18.1 Å². The highest BCUT2D eigenvalue weighted by Crippen LogP contribution is 2.19. The third kappa shape index (κ3) is 5.49. The largest absolute Gasteiger partial charge is 0.484 e. The lowest BCUT2D eigenvalue weighted by molar-refractivity contribution is -0.133. The van der Waals surface area contributed by atoms with Crippen LogP contribution in [0.4, 0.5) is 5.69 Å². The molecule has 0 radical (unpaired) electrons. The van der Waals surface area contributed by atoms with E-state index >= 15 is 0 Å². The van der Waals surface area contributed by atoms with E-state index < -0.39 is 0 Å². The number of amides is 1. The summed E-state index contributed by atoms with van der Waals surface area (Å²) in [4.78, 5) is 19.0. The maximum atomic E-state index is 12.5. The molecule has 0 saturated carbocycles. The van der Waals surface area contributed by atoms with Crippen molar-refractivity contribution < 1.29 is 9.53 Å². The number of hydrogen-bond acceptors (Lipinski definition) is 4. The first-order valence-electron chi connectivity index (χ1n) is 10.0. The van der Waals surface area contributed by atoms with Gasteiger partial charge in [0.05, 0.1) is 0 Å². The molecule has 0 bridgehead atoms. The molecule has 1 saturated heterocycles. The molecular weight excluding hydrogens is 350 g/mol. The van der Waals surface area contributed by atoms with Crippen molar-refractivity contribution in [3.63, 3.8) is 0 Å². The Morgan fingerprint density at radius 3 is 2.43 bits per heavy atom. The first-order chi connectivity index (χ1) is 13.5. The number of benzene rings is 2. The van der Waals surface area contributed by atoms with Gasteiger partial charge in [-0.3, -0.25) is 4.79 Å². The number of carbonyl (C=O) groups excluding carboxylic acids is 1. The SMILES string of the molecule is CCc1cccc(OCC(=O)N2CCN(c3cccc(CN(C)C)c3)CC2)c1. The van der Waals surface area contributed by atoms with Crippen LogP contribution in [-0.4, -0.2) is 62.6 Å². The summed E-state index contributed by atoms with van der Waals surface area (Å²) in [6.07, 6.45) is 0.961. The summed E-state index contributed by atoms with van der Waals surface area (Å²) in [5.74, 6) is 0.826. The molecule has 150 valence electrons. The summed E-state index contributed by atoms with van der Waals surface area (Å²) in [5.41, 5.74) is 3.76. The van der Waals surface area contributed by atoms with E-state index in [0.717, 1.165) is 44.9 Å². The Balaban J connectivity index is 1.50. The van der Waals surface area contributed by atoms with Crippen molar-refractivity contribution >= 4 is 11.6 Å². The van der Waals surface area contributed by atoms with E-state index in [1.807, 2.05) is 23.1 Å². The Hall–Kier alpha value is -2.53. The molecule has 0 aromatic heterocycles. The number of hydrogen-bond donors (Lipinski definition) is 0. The zero-order chi connectivity index (χ0) is 19.9. The maximum Gasteiger partial charge on any atom is 0.260 e. The topological polar surface area (TPSA) is 36.0 Å². The first kappa shape index (κ1) is 20.2. The van der Waals surface area contributed by atoms with E-state index in [1.54, 1.807) is 0 Å². The monoisotopic (exact) mass is 381 g/mol. The highest BCUT2D eigenvalue weighted by atomic mass is 16.5. The minimum atomic E-state index is 0.0583. The van der Waals surface area contributed by atoms with Crippen LogP contribution in [0.5, 0.6) is 5.75 Å². The van der Waals surface area contributed by atoms with Crippen LogP contribution in [-0.2, 0) is 17.8 Å². The van der Waals surface area contributed by atoms with Gasteiger partial charge in [0.1, 0.15) is 5.75 Å².